The molecule has 2 heterocycles. The summed E-state index contributed by atoms with van der Waals surface area (Å²) in [6.45, 7) is 0.892. The van der Waals surface area contributed by atoms with E-state index in [0.29, 0.717) is 0 Å². The molecule has 0 saturated heterocycles. The van der Waals surface area contributed by atoms with Crippen molar-refractivity contribution in [1.82, 2.24) is 14.1 Å². The van der Waals surface area contributed by atoms with E-state index in [4.69, 9.17) is 0 Å². The molecule has 0 aromatic carbocycles. The average molecular weight is 161 g/mol. The van der Waals surface area contributed by atoms with Gasteiger partial charge in [-0.2, -0.15) is 0 Å². The summed E-state index contributed by atoms with van der Waals surface area (Å²) in [7, 11) is 2.05. The highest BCUT2D eigenvalue weighted by molar-refractivity contribution is 5.07. The van der Waals surface area contributed by atoms with Crippen LogP contribution in [0.15, 0.2) is 37.1 Å². The van der Waals surface area contributed by atoms with Gasteiger partial charge in [-0.05, 0) is 12.1 Å². The quantitative estimate of drug-likeness (QED) is 0.650. The lowest BCUT2D eigenvalue weighted by Gasteiger charge is -2.02. The first-order chi connectivity index (χ1) is 5.86. The van der Waals surface area contributed by atoms with Crippen LogP contribution >= 0.6 is 0 Å². The van der Waals surface area contributed by atoms with Crippen LogP contribution in [0.25, 0.3) is 0 Å². The van der Waals surface area contributed by atoms with E-state index in [1.54, 1.807) is 6.20 Å². The number of hydrogen-bond acceptors (Lipinski definition) is 1. The molecule has 2 rings (SSSR count). The smallest absolute Gasteiger partial charge is 0.0949 e. The molecule has 0 radical (unpaired) electrons. The molecular weight excluding hydrogens is 150 g/mol. The van der Waals surface area contributed by atoms with Crippen LogP contribution < -0.4 is 0 Å². The molecule has 0 saturated carbocycles. The molecule has 0 atom stereocenters. The zero-order valence-corrected chi connectivity index (χ0v) is 7.01. The van der Waals surface area contributed by atoms with Crippen molar-refractivity contribution in [2.75, 3.05) is 0 Å². The molecule has 0 bridgehead atoms. The molecule has 2 aromatic heterocycles. The number of hydrogen-bond donors (Lipinski definition) is 0. The third kappa shape index (κ3) is 1.25. The minimum Gasteiger partial charge on any atom is -0.353 e. The zero-order chi connectivity index (χ0) is 8.39. The summed E-state index contributed by atoms with van der Waals surface area (Å²) < 4.78 is 4.16. The molecule has 0 aliphatic carbocycles. The zero-order valence-electron chi connectivity index (χ0n) is 7.01. The van der Waals surface area contributed by atoms with Gasteiger partial charge in [0.15, 0.2) is 0 Å². The van der Waals surface area contributed by atoms with Crippen LogP contribution in [0, 0.1) is 0 Å². The van der Waals surface area contributed by atoms with Crippen molar-refractivity contribution in [3.63, 3.8) is 0 Å². The fourth-order valence-corrected chi connectivity index (χ4v) is 1.23. The normalized spacial score (nSPS) is 10.4. The summed E-state index contributed by atoms with van der Waals surface area (Å²) in [6.07, 6.45) is 7.63. The van der Waals surface area contributed by atoms with Crippen molar-refractivity contribution in [1.29, 1.82) is 0 Å². The number of rotatable bonds is 2. The fourth-order valence-electron chi connectivity index (χ4n) is 1.23. The minimum absolute atomic E-state index is 0.892. The standard InChI is InChI=1S/C9H11N3/c1-11-5-2-3-9(11)7-12-6-4-10-8-12/h2-6,8H,7H2,1H3. The summed E-state index contributed by atoms with van der Waals surface area (Å²) in [5.74, 6) is 0. The van der Waals surface area contributed by atoms with E-state index in [2.05, 4.69) is 20.2 Å². The van der Waals surface area contributed by atoms with Gasteiger partial charge in [-0.1, -0.05) is 0 Å². The maximum Gasteiger partial charge on any atom is 0.0949 e. The van der Waals surface area contributed by atoms with Crippen LogP contribution in [-0.2, 0) is 13.6 Å². The van der Waals surface area contributed by atoms with Gasteiger partial charge in [0, 0.05) is 31.3 Å². The maximum absolute atomic E-state index is 3.99. The van der Waals surface area contributed by atoms with Crippen molar-refractivity contribution in [2.24, 2.45) is 7.05 Å². The summed E-state index contributed by atoms with van der Waals surface area (Å²) in [6, 6.07) is 4.16. The first-order valence-corrected chi connectivity index (χ1v) is 3.92. The number of aromatic nitrogens is 3. The highest BCUT2D eigenvalue weighted by Crippen LogP contribution is 2.01. The van der Waals surface area contributed by atoms with E-state index in [1.807, 2.05) is 31.8 Å². The van der Waals surface area contributed by atoms with Crippen molar-refractivity contribution in [3.8, 4) is 0 Å². The van der Waals surface area contributed by atoms with Gasteiger partial charge in [0.05, 0.1) is 12.9 Å². The van der Waals surface area contributed by atoms with Gasteiger partial charge in [-0.15, -0.1) is 0 Å². The Morgan fingerprint density at radius 1 is 1.42 bits per heavy atom. The van der Waals surface area contributed by atoms with E-state index >= 15 is 0 Å². The van der Waals surface area contributed by atoms with Crippen molar-refractivity contribution < 1.29 is 0 Å². The monoisotopic (exact) mass is 161 g/mol. The molecule has 0 unspecified atom stereocenters. The maximum atomic E-state index is 3.99. The molecule has 0 aliphatic heterocycles. The molecule has 2 aromatic rings. The Balaban J connectivity index is 2.20. The molecule has 0 fully saturated rings. The molecule has 0 amide bonds. The largest absolute Gasteiger partial charge is 0.353 e. The van der Waals surface area contributed by atoms with Crippen molar-refractivity contribution in [2.45, 2.75) is 6.54 Å². The second-order valence-electron chi connectivity index (χ2n) is 2.85. The van der Waals surface area contributed by atoms with E-state index in [9.17, 15) is 0 Å². The third-order valence-electron chi connectivity index (χ3n) is 1.96. The van der Waals surface area contributed by atoms with Crippen LogP contribution in [0.2, 0.25) is 0 Å². The van der Waals surface area contributed by atoms with Gasteiger partial charge >= 0.3 is 0 Å². The number of nitrogens with zero attached hydrogens (tertiary/aromatic N) is 3. The van der Waals surface area contributed by atoms with E-state index < -0.39 is 0 Å². The molecule has 3 nitrogen and oxygen atoms in total. The minimum atomic E-state index is 0.892. The Morgan fingerprint density at radius 3 is 2.92 bits per heavy atom. The molecule has 0 aliphatic rings. The highest BCUT2D eigenvalue weighted by Gasteiger charge is 1.96. The topological polar surface area (TPSA) is 22.8 Å². The van der Waals surface area contributed by atoms with Gasteiger partial charge in [0.1, 0.15) is 0 Å². The Morgan fingerprint density at radius 2 is 2.33 bits per heavy atom. The van der Waals surface area contributed by atoms with Gasteiger partial charge < -0.3 is 9.13 Å². The highest BCUT2D eigenvalue weighted by atomic mass is 15.0. The lowest BCUT2D eigenvalue weighted by Crippen LogP contribution is -2.01. The molecule has 3 heteroatoms. The summed E-state index contributed by atoms with van der Waals surface area (Å²) >= 11 is 0. The van der Waals surface area contributed by atoms with Crippen LogP contribution in [0.5, 0.6) is 0 Å². The first kappa shape index (κ1) is 7.16. The SMILES string of the molecule is Cn1cccc1Cn1ccnc1. The molecule has 0 spiro atoms. The summed E-state index contributed by atoms with van der Waals surface area (Å²) in [4.78, 5) is 3.99. The number of imidazole rings is 1. The summed E-state index contributed by atoms with van der Waals surface area (Å²) in [5, 5.41) is 0. The molecule has 0 N–H and O–H groups in total. The average Bonchev–Trinajstić information content (AvgIpc) is 2.65. The van der Waals surface area contributed by atoms with Crippen LogP contribution in [0.3, 0.4) is 0 Å². The first-order valence-electron chi connectivity index (χ1n) is 3.92. The lowest BCUT2D eigenvalue weighted by molar-refractivity contribution is 0.723. The Hall–Kier alpha value is -1.51. The second-order valence-corrected chi connectivity index (χ2v) is 2.85. The van der Waals surface area contributed by atoms with Gasteiger partial charge in [0.25, 0.3) is 0 Å². The van der Waals surface area contributed by atoms with Gasteiger partial charge in [-0.3, -0.25) is 0 Å². The predicted molar refractivity (Wildman–Crippen MR) is 46.7 cm³/mol. The molecule has 12 heavy (non-hydrogen) atoms. The fraction of sp³-hybridized carbons (Fsp3) is 0.222. The van der Waals surface area contributed by atoms with E-state index in [-0.39, 0.29) is 0 Å². The van der Waals surface area contributed by atoms with Crippen molar-refractivity contribution in [3.05, 3.63) is 42.7 Å². The number of aryl methyl sites for hydroxylation is 1. The van der Waals surface area contributed by atoms with Crippen molar-refractivity contribution >= 4 is 0 Å². The lowest BCUT2D eigenvalue weighted by atomic mass is 10.4. The predicted octanol–water partition coefficient (Wildman–Crippen LogP) is 1.27. The van der Waals surface area contributed by atoms with Crippen LogP contribution in [-0.4, -0.2) is 14.1 Å². The Labute approximate surface area is 71.3 Å². The van der Waals surface area contributed by atoms with E-state index in [1.165, 1.54) is 5.69 Å². The summed E-state index contributed by atoms with van der Waals surface area (Å²) in [5.41, 5.74) is 1.29. The Kier molecular flexibility index (Phi) is 1.70. The second kappa shape index (κ2) is 2.85. The third-order valence-corrected chi connectivity index (χ3v) is 1.96. The van der Waals surface area contributed by atoms with Crippen LogP contribution in [0.1, 0.15) is 5.69 Å². The molecule has 62 valence electrons. The molecular formula is C9H11N3. The van der Waals surface area contributed by atoms with E-state index in [0.717, 1.165) is 6.54 Å². The van der Waals surface area contributed by atoms with Gasteiger partial charge in [0.2, 0.25) is 0 Å². The van der Waals surface area contributed by atoms with Gasteiger partial charge in [-0.25, -0.2) is 4.98 Å². The van der Waals surface area contributed by atoms with Crippen LogP contribution in [0.4, 0.5) is 0 Å². The Bertz CT molecular complexity index is 345.